The quantitative estimate of drug-likeness (QED) is 0.214. The van der Waals surface area contributed by atoms with Crippen molar-refractivity contribution in [1.82, 2.24) is 0 Å². The lowest BCUT2D eigenvalue weighted by atomic mass is 9.96. The predicted octanol–water partition coefficient (Wildman–Crippen LogP) is 5.55. The number of para-hydroxylation sites is 1. The highest BCUT2D eigenvalue weighted by Crippen LogP contribution is 2.35. The Bertz CT molecular complexity index is 1320. The molecule has 0 heterocycles. The van der Waals surface area contributed by atoms with E-state index < -0.39 is 4.92 Å². The number of benzene rings is 3. The van der Waals surface area contributed by atoms with Crippen molar-refractivity contribution in [2.24, 2.45) is 5.10 Å². The van der Waals surface area contributed by atoms with Crippen LogP contribution in [0.25, 0.3) is 10.6 Å². The summed E-state index contributed by atoms with van der Waals surface area (Å²) in [6, 6.07) is 21.9. The van der Waals surface area contributed by atoms with E-state index in [1.54, 1.807) is 36.4 Å². The van der Waals surface area contributed by atoms with E-state index in [2.05, 4.69) is 10.5 Å². The fraction of sp³-hybridized carbons (Fsp3) is 0.0417. The number of nitriles is 2. The molecule has 0 aliphatic rings. The lowest BCUT2D eigenvalue weighted by molar-refractivity contribution is -0.385. The first-order chi connectivity index (χ1) is 16.0. The smallest absolute Gasteiger partial charge is 0.278 e. The standard InChI is InChI=1S/C24H16ClN5O3/c1-33-20-9-7-16(8-10-20)24(25)22(15-28-29-19-5-3-2-4-6-19)21-11-17(13-26)18(14-27)12-23(21)30(31)32/h2-12,15,29H,1H3/b24-22-,28-15-. The highest BCUT2D eigenvalue weighted by Gasteiger charge is 2.23. The van der Waals surface area contributed by atoms with Crippen molar-refractivity contribution < 1.29 is 9.66 Å². The molecule has 33 heavy (non-hydrogen) atoms. The van der Waals surface area contributed by atoms with Crippen LogP contribution < -0.4 is 10.2 Å². The van der Waals surface area contributed by atoms with Crippen molar-refractivity contribution in [2.75, 3.05) is 12.5 Å². The molecule has 0 aliphatic heterocycles. The molecule has 8 nitrogen and oxygen atoms in total. The van der Waals surface area contributed by atoms with Crippen LogP contribution in [-0.2, 0) is 0 Å². The van der Waals surface area contributed by atoms with Crippen molar-refractivity contribution in [3.8, 4) is 17.9 Å². The Morgan fingerprint density at radius 2 is 1.73 bits per heavy atom. The van der Waals surface area contributed by atoms with Crippen molar-refractivity contribution in [2.45, 2.75) is 0 Å². The third-order valence-electron chi connectivity index (χ3n) is 4.60. The number of hydrogen-bond donors (Lipinski definition) is 1. The molecule has 0 atom stereocenters. The number of allylic oxidation sites excluding steroid dienone is 1. The maximum Gasteiger partial charge on any atom is 0.278 e. The monoisotopic (exact) mass is 457 g/mol. The molecule has 0 fully saturated rings. The summed E-state index contributed by atoms with van der Waals surface area (Å²) in [5.41, 5.74) is 3.83. The highest BCUT2D eigenvalue weighted by molar-refractivity contribution is 6.56. The van der Waals surface area contributed by atoms with E-state index in [1.807, 2.05) is 30.3 Å². The van der Waals surface area contributed by atoms with Gasteiger partial charge >= 0.3 is 0 Å². The Morgan fingerprint density at radius 3 is 2.30 bits per heavy atom. The average Bonchev–Trinajstić information content (AvgIpc) is 2.86. The molecular formula is C24H16ClN5O3. The zero-order valence-corrected chi connectivity index (χ0v) is 18.1. The number of anilines is 1. The largest absolute Gasteiger partial charge is 0.497 e. The maximum atomic E-state index is 11.8. The van der Waals surface area contributed by atoms with Gasteiger partial charge < -0.3 is 4.74 Å². The van der Waals surface area contributed by atoms with Crippen LogP contribution in [0.3, 0.4) is 0 Å². The zero-order chi connectivity index (χ0) is 23.8. The van der Waals surface area contributed by atoms with Gasteiger partial charge in [-0.05, 0) is 48.0 Å². The number of rotatable bonds is 7. The van der Waals surface area contributed by atoms with E-state index in [4.69, 9.17) is 16.3 Å². The van der Waals surface area contributed by atoms with Crippen LogP contribution in [0.2, 0.25) is 0 Å². The number of nitrogens with one attached hydrogen (secondary N) is 1. The lowest BCUT2D eigenvalue weighted by Crippen LogP contribution is -2.01. The molecule has 3 aromatic carbocycles. The van der Waals surface area contributed by atoms with Gasteiger partial charge in [0, 0.05) is 11.6 Å². The summed E-state index contributed by atoms with van der Waals surface area (Å²) in [6.45, 7) is 0. The number of methoxy groups -OCH3 is 1. The summed E-state index contributed by atoms with van der Waals surface area (Å²) in [5, 5.41) is 34.9. The number of halogens is 1. The summed E-state index contributed by atoms with van der Waals surface area (Å²) >= 11 is 6.68. The number of hydrogen-bond acceptors (Lipinski definition) is 7. The molecule has 3 rings (SSSR count). The summed E-state index contributed by atoms with van der Waals surface area (Å²) in [4.78, 5) is 11.2. The fourth-order valence-electron chi connectivity index (χ4n) is 2.96. The molecule has 0 spiro atoms. The molecule has 0 aromatic heterocycles. The van der Waals surface area contributed by atoms with Crippen LogP contribution in [0.15, 0.2) is 71.8 Å². The normalized spacial score (nSPS) is 11.3. The number of nitrogens with zero attached hydrogens (tertiary/aromatic N) is 4. The second-order valence-corrected chi connectivity index (χ2v) is 6.97. The van der Waals surface area contributed by atoms with Gasteiger partial charge in [-0.3, -0.25) is 15.5 Å². The number of nitro benzene ring substituents is 1. The van der Waals surface area contributed by atoms with Crippen LogP contribution in [-0.4, -0.2) is 18.2 Å². The molecule has 0 aliphatic carbocycles. The molecule has 1 N–H and O–H groups in total. The molecule has 162 valence electrons. The Labute approximate surface area is 194 Å². The van der Waals surface area contributed by atoms with Gasteiger partial charge in [-0.15, -0.1) is 0 Å². The number of nitro groups is 1. The van der Waals surface area contributed by atoms with Crippen molar-refractivity contribution in [3.05, 3.63) is 99.1 Å². The van der Waals surface area contributed by atoms with E-state index in [1.165, 1.54) is 19.4 Å². The van der Waals surface area contributed by atoms with Gasteiger partial charge in [0.1, 0.15) is 17.9 Å². The van der Waals surface area contributed by atoms with Gasteiger partial charge in [-0.25, -0.2) is 0 Å². The minimum atomic E-state index is -0.631. The van der Waals surface area contributed by atoms with Crippen LogP contribution >= 0.6 is 11.6 Å². The molecular weight excluding hydrogens is 442 g/mol. The number of hydrazone groups is 1. The van der Waals surface area contributed by atoms with Gasteiger partial charge in [-0.1, -0.05) is 29.8 Å². The van der Waals surface area contributed by atoms with E-state index in [-0.39, 0.29) is 33.0 Å². The van der Waals surface area contributed by atoms with Crippen molar-refractivity contribution in [3.63, 3.8) is 0 Å². The summed E-state index contributed by atoms with van der Waals surface area (Å²) in [7, 11) is 1.53. The molecule has 0 amide bonds. The van der Waals surface area contributed by atoms with Gasteiger partial charge in [0.2, 0.25) is 0 Å². The first-order valence-corrected chi connectivity index (χ1v) is 9.87. The Balaban J connectivity index is 2.21. The molecule has 9 heteroatoms. The molecule has 0 saturated carbocycles. The Hall–Kier alpha value is -4.66. The number of ether oxygens (including phenoxy) is 1. The lowest BCUT2D eigenvalue weighted by Gasteiger charge is -2.10. The minimum absolute atomic E-state index is 0.0146. The topological polar surface area (TPSA) is 124 Å². The third kappa shape index (κ3) is 5.34. The van der Waals surface area contributed by atoms with Gasteiger partial charge in [0.15, 0.2) is 0 Å². The Morgan fingerprint density at radius 1 is 1.09 bits per heavy atom. The van der Waals surface area contributed by atoms with Gasteiger partial charge in [0.05, 0.1) is 45.7 Å². The van der Waals surface area contributed by atoms with Gasteiger partial charge in [0.25, 0.3) is 5.69 Å². The van der Waals surface area contributed by atoms with Crippen LogP contribution in [0, 0.1) is 32.8 Å². The SMILES string of the molecule is COc1ccc(/C(Cl)=C(\C=N/Nc2ccccc2)c2cc(C#N)c(C#N)cc2[N+](=O)[O-])cc1. The predicted molar refractivity (Wildman–Crippen MR) is 127 cm³/mol. The van der Waals surface area contributed by atoms with E-state index >= 15 is 0 Å². The molecule has 0 unspecified atom stereocenters. The molecule has 3 aromatic rings. The Kier molecular flexibility index (Phi) is 7.38. The second-order valence-electron chi connectivity index (χ2n) is 6.59. The van der Waals surface area contributed by atoms with E-state index in [0.717, 1.165) is 6.07 Å². The van der Waals surface area contributed by atoms with Crippen molar-refractivity contribution in [1.29, 1.82) is 10.5 Å². The molecule has 0 radical (unpaired) electrons. The zero-order valence-electron chi connectivity index (χ0n) is 17.3. The maximum absolute atomic E-state index is 11.8. The summed E-state index contributed by atoms with van der Waals surface area (Å²) < 4.78 is 5.16. The van der Waals surface area contributed by atoms with E-state index in [0.29, 0.717) is 17.0 Å². The van der Waals surface area contributed by atoms with Crippen LogP contribution in [0.5, 0.6) is 5.75 Å². The van der Waals surface area contributed by atoms with Gasteiger partial charge in [-0.2, -0.15) is 15.6 Å². The van der Waals surface area contributed by atoms with Crippen LogP contribution in [0.1, 0.15) is 22.3 Å². The summed E-state index contributed by atoms with van der Waals surface area (Å²) in [5.74, 6) is 0.611. The third-order valence-corrected chi connectivity index (χ3v) is 5.03. The van der Waals surface area contributed by atoms with Crippen LogP contribution in [0.4, 0.5) is 11.4 Å². The highest BCUT2D eigenvalue weighted by atomic mass is 35.5. The molecule has 0 bridgehead atoms. The minimum Gasteiger partial charge on any atom is -0.497 e. The average molecular weight is 458 g/mol. The molecule has 0 saturated heterocycles. The van der Waals surface area contributed by atoms with Crippen molar-refractivity contribution >= 4 is 39.8 Å². The first kappa shape index (κ1) is 23.0. The summed E-state index contributed by atoms with van der Waals surface area (Å²) in [6.07, 6.45) is 1.34. The van der Waals surface area contributed by atoms with E-state index in [9.17, 15) is 20.6 Å². The fourth-order valence-corrected chi connectivity index (χ4v) is 3.24. The first-order valence-electron chi connectivity index (χ1n) is 9.49. The second kappa shape index (κ2) is 10.6.